The van der Waals surface area contributed by atoms with Crippen molar-refractivity contribution in [2.24, 2.45) is 5.10 Å². The number of fused-ring (bicyclic) bond motifs is 3. The van der Waals surface area contributed by atoms with Gasteiger partial charge in [0.1, 0.15) is 5.75 Å². The fourth-order valence-electron chi connectivity index (χ4n) is 3.93. The minimum absolute atomic E-state index is 0.0812. The minimum atomic E-state index is -0.378. The molecule has 5 nitrogen and oxygen atoms in total. The van der Waals surface area contributed by atoms with Gasteiger partial charge >= 0.3 is 0 Å². The lowest BCUT2D eigenvalue weighted by Gasteiger charge is -2.38. The van der Waals surface area contributed by atoms with E-state index in [-0.39, 0.29) is 12.3 Å². The summed E-state index contributed by atoms with van der Waals surface area (Å²) in [6, 6.07) is 14.2. The van der Waals surface area contributed by atoms with Crippen molar-refractivity contribution in [2.75, 3.05) is 14.2 Å². The van der Waals surface area contributed by atoms with Crippen LogP contribution < -0.4 is 14.2 Å². The monoisotopic (exact) mass is 548 g/mol. The lowest BCUT2D eigenvalue weighted by Crippen LogP contribution is -2.34. The van der Waals surface area contributed by atoms with Crippen LogP contribution in [0.1, 0.15) is 34.7 Å². The van der Waals surface area contributed by atoms with E-state index < -0.39 is 0 Å². The summed E-state index contributed by atoms with van der Waals surface area (Å²) in [6.45, 7) is 0. The standard InChI is InChI=1S/C22H18Br2N2O3S/c1-27-18-6-5-12(8-19(18)28-2)22-26-17(11-16(25-26)20-4-3-7-30-20)14-9-13(23)10-15(24)21(14)29-22/h3-10,17,22H,11H2,1-2H3/t17-,22-/m0/s1. The average Bonchev–Trinajstić information content (AvgIpc) is 3.42. The zero-order valence-corrected chi connectivity index (χ0v) is 20.3. The number of benzene rings is 2. The molecule has 3 heterocycles. The van der Waals surface area contributed by atoms with E-state index in [9.17, 15) is 0 Å². The molecule has 8 heteroatoms. The molecule has 2 atom stereocenters. The molecule has 154 valence electrons. The van der Waals surface area contributed by atoms with Crippen molar-refractivity contribution in [1.29, 1.82) is 0 Å². The zero-order valence-electron chi connectivity index (χ0n) is 16.3. The first kappa shape index (κ1) is 19.9. The molecule has 2 aliphatic rings. The van der Waals surface area contributed by atoms with Gasteiger partial charge in [0.2, 0.25) is 6.23 Å². The van der Waals surface area contributed by atoms with Crippen LogP contribution in [0.3, 0.4) is 0 Å². The normalized spacial score (nSPS) is 19.6. The largest absolute Gasteiger partial charge is 0.493 e. The summed E-state index contributed by atoms with van der Waals surface area (Å²) < 4.78 is 19.4. The minimum Gasteiger partial charge on any atom is -0.493 e. The second-order valence-corrected chi connectivity index (χ2v) is 9.73. The molecule has 0 radical (unpaired) electrons. The maximum atomic E-state index is 6.51. The third-order valence-electron chi connectivity index (χ3n) is 5.31. The van der Waals surface area contributed by atoms with Crippen LogP contribution in [-0.4, -0.2) is 24.9 Å². The van der Waals surface area contributed by atoms with Crippen LogP contribution in [0.5, 0.6) is 17.2 Å². The molecule has 0 N–H and O–H groups in total. The first-order chi connectivity index (χ1) is 14.6. The summed E-state index contributed by atoms with van der Waals surface area (Å²) >= 11 is 9.01. The smallest absolute Gasteiger partial charge is 0.214 e. The van der Waals surface area contributed by atoms with Gasteiger partial charge in [0.05, 0.1) is 35.3 Å². The third kappa shape index (κ3) is 3.31. The molecule has 2 aliphatic heterocycles. The molecule has 0 bridgehead atoms. The van der Waals surface area contributed by atoms with Crippen LogP contribution in [0.4, 0.5) is 0 Å². The van der Waals surface area contributed by atoms with Crippen LogP contribution in [-0.2, 0) is 0 Å². The number of thiophene rings is 1. The summed E-state index contributed by atoms with van der Waals surface area (Å²) in [5.74, 6) is 2.20. The quantitative estimate of drug-likeness (QED) is 0.371. The molecular formula is C22H18Br2N2O3S. The molecule has 30 heavy (non-hydrogen) atoms. The van der Waals surface area contributed by atoms with Crippen molar-refractivity contribution in [2.45, 2.75) is 18.7 Å². The molecule has 0 amide bonds. The Morgan fingerprint density at radius 2 is 1.93 bits per heavy atom. The fraction of sp³-hybridized carbons (Fsp3) is 0.227. The van der Waals surface area contributed by atoms with Crippen LogP contribution in [0.25, 0.3) is 0 Å². The molecule has 3 aromatic rings. The number of hydrogen-bond acceptors (Lipinski definition) is 6. The predicted octanol–water partition coefficient (Wildman–Crippen LogP) is 6.53. The van der Waals surface area contributed by atoms with Gasteiger partial charge in [-0.25, -0.2) is 5.01 Å². The van der Waals surface area contributed by atoms with Gasteiger partial charge < -0.3 is 14.2 Å². The lowest BCUT2D eigenvalue weighted by atomic mass is 9.97. The van der Waals surface area contributed by atoms with Crippen LogP contribution in [0.2, 0.25) is 0 Å². The van der Waals surface area contributed by atoms with Crippen LogP contribution in [0, 0.1) is 0 Å². The Morgan fingerprint density at radius 3 is 2.67 bits per heavy atom. The van der Waals surface area contributed by atoms with Gasteiger partial charge in [-0.2, -0.15) is 5.10 Å². The SMILES string of the molecule is COc1ccc([C@@H]2Oc3c(Br)cc(Br)cc3[C@@H]3CC(c4cccs4)=NN32)cc1OC. The Hall–Kier alpha value is -2.03. The van der Waals surface area contributed by atoms with Gasteiger partial charge in [0.15, 0.2) is 11.5 Å². The second kappa shape index (κ2) is 7.90. The molecule has 0 fully saturated rings. The Labute approximate surface area is 195 Å². The van der Waals surface area contributed by atoms with E-state index in [1.54, 1.807) is 25.6 Å². The third-order valence-corrected chi connectivity index (χ3v) is 7.27. The molecule has 0 saturated carbocycles. The summed E-state index contributed by atoms with van der Waals surface area (Å²) in [5, 5.41) is 9.15. The summed E-state index contributed by atoms with van der Waals surface area (Å²) in [4.78, 5) is 1.19. The van der Waals surface area contributed by atoms with Gasteiger partial charge in [-0.15, -0.1) is 11.3 Å². The molecule has 0 saturated heterocycles. The molecule has 0 unspecified atom stereocenters. The van der Waals surface area contributed by atoms with Crippen molar-refractivity contribution in [3.63, 3.8) is 0 Å². The maximum absolute atomic E-state index is 6.51. The predicted molar refractivity (Wildman–Crippen MR) is 125 cm³/mol. The van der Waals surface area contributed by atoms with Crippen molar-refractivity contribution in [3.8, 4) is 17.2 Å². The number of halogens is 2. The molecule has 2 aromatic carbocycles. The number of methoxy groups -OCH3 is 2. The Kier molecular flexibility index (Phi) is 5.24. The summed E-state index contributed by atoms with van der Waals surface area (Å²) in [7, 11) is 3.27. The van der Waals surface area contributed by atoms with Crippen molar-refractivity contribution in [3.05, 3.63) is 72.8 Å². The highest BCUT2D eigenvalue weighted by Crippen LogP contribution is 2.51. The van der Waals surface area contributed by atoms with Crippen LogP contribution in [0.15, 0.2) is 61.9 Å². The topological polar surface area (TPSA) is 43.3 Å². The van der Waals surface area contributed by atoms with Gasteiger partial charge in [0, 0.05) is 22.0 Å². The van der Waals surface area contributed by atoms with E-state index >= 15 is 0 Å². The molecule has 0 spiro atoms. The Morgan fingerprint density at radius 1 is 1.10 bits per heavy atom. The van der Waals surface area contributed by atoms with Gasteiger partial charge in [-0.3, -0.25) is 0 Å². The number of ether oxygens (including phenoxy) is 3. The van der Waals surface area contributed by atoms with Gasteiger partial charge in [0.25, 0.3) is 0 Å². The van der Waals surface area contributed by atoms with E-state index in [1.165, 1.54) is 4.88 Å². The molecule has 1 aromatic heterocycles. The lowest BCUT2D eigenvalue weighted by molar-refractivity contribution is -0.0198. The van der Waals surface area contributed by atoms with Crippen molar-refractivity contribution >= 4 is 48.9 Å². The van der Waals surface area contributed by atoms with Gasteiger partial charge in [-0.05, 0) is 57.7 Å². The molecular weight excluding hydrogens is 532 g/mol. The number of hydrogen-bond donors (Lipinski definition) is 0. The summed E-state index contributed by atoms with van der Waals surface area (Å²) in [6.07, 6.45) is 0.445. The highest BCUT2D eigenvalue weighted by atomic mass is 79.9. The van der Waals surface area contributed by atoms with Gasteiger partial charge in [-0.1, -0.05) is 22.0 Å². The van der Waals surface area contributed by atoms with E-state index in [0.717, 1.165) is 38.0 Å². The number of nitrogens with zero attached hydrogens (tertiary/aromatic N) is 2. The molecule has 5 rings (SSSR count). The Balaban J connectivity index is 1.63. The van der Waals surface area contributed by atoms with Crippen molar-refractivity contribution in [1.82, 2.24) is 5.01 Å². The number of rotatable bonds is 4. The second-order valence-electron chi connectivity index (χ2n) is 7.01. The fourth-order valence-corrected chi connectivity index (χ4v) is 6.01. The first-order valence-corrected chi connectivity index (χ1v) is 11.8. The highest BCUT2D eigenvalue weighted by Gasteiger charge is 2.42. The zero-order chi connectivity index (χ0) is 20.8. The Bertz CT molecular complexity index is 1130. The van der Waals surface area contributed by atoms with E-state index in [4.69, 9.17) is 19.3 Å². The number of hydrazone groups is 1. The van der Waals surface area contributed by atoms with Crippen LogP contribution >= 0.6 is 43.2 Å². The van der Waals surface area contributed by atoms with E-state index in [2.05, 4.69) is 60.4 Å². The summed E-state index contributed by atoms with van der Waals surface area (Å²) in [5.41, 5.74) is 3.14. The molecule has 0 aliphatic carbocycles. The average molecular weight is 550 g/mol. The maximum Gasteiger partial charge on any atom is 0.214 e. The van der Waals surface area contributed by atoms with E-state index in [0.29, 0.717) is 11.5 Å². The van der Waals surface area contributed by atoms with Crippen molar-refractivity contribution < 1.29 is 14.2 Å². The highest BCUT2D eigenvalue weighted by molar-refractivity contribution is 9.11. The first-order valence-electron chi connectivity index (χ1n) is 9.36. The van der Waals surface area contributed by atoms with E-state index in [1.807, 2.05) is 24.3 Å².